The topological polar surface area (TPSA) is 83.5 Å². The van der Waals surface area contributed by atoms with Gasteiger partial charge in [-0.2, -0.15) is 0 Å². The Bertz CT molecular complexity index is 856. The Morgan fingerprint density at radius 1 is 1.00 bits per heavy atom. The fourth-order valence-corrected chi connectivity index (χ4v) is 2.81. The molecule has 0 heterocycles. The maximum absolute atomic E-state index is 12.3. The molecular weight excluding hydrogens is 326 g/mol. The minimum Gasteiger partial charge on any atom is -0.388 e. The summed E-state index contributed by atoms with van der Waals surface area (Å²) < 4.78 is 26.9. The summed E-state index contributed by atoms with van der Waals surface area (Å²) in [6, 6.07) is 15.5. The molecule has 0 atom stereocenters. The Hall–Kier alpha value is -2.70. The molecule has 2 aromatic rings. The van der Waals surface area contributed by atoms with E-state index in [1.54, 1.807) is 18.2 Å². The lowest BCUT2D eigenvalue weighted by atomic mass is 10.2. The van der Waals surface area contributed by atoms with E-state index in [1.807, 2.05) is 30.3 Å². The third kappa shape index (κ3) is 5.19. The van der Waals surface area contributed by atoms with Crippen molar-refractivity contribution in [1.29, 1.82) is 0 Å². The predicted molar refractivity (Wildman–Crippen MR) is 93.4 cm³/mol. The fourth-order valence-electron chi connectivity index (χ4n) is 1.88. The van der Waals surface area contributed by atoms with Gasteiger partial charge in [-0.05, 0) is 35.4 Å². The molecule has 6 heteroatoms. The van der Waals surface area contributed by atoms with Crippen LogP contribution in [0.3, 0.4) is 0 Å². The second-order valence-electron chi connectivity index (χ2n) is 4.90. The third-order valence-electron chi connectivity index (χ3n) is 3.08. The van der Waals surface area contributed by atoms with E-state index < -0.39 is 22.4 Å². The predicted octanol–water partition coefficient (Wildman–Crippen LogP) is 2.21. The number of rotatable bonds is 7. The number of hydrogen-bond acceptors (Lipinski definition) is 4. The highest BCUT2D eigenvalue weighted by atomic mass is 32.2. The summed E-state index contributed by atoms with van der Waals surface area (Å²) in [6.07, 6.45) is 5.68. The van der Waals surface area contributed by atoms with Gasteiger partial charge in [-0.15, -0.1) is 0 Å². The minimum absolute atomic E-state index is 0.0822. The molecular formula is C18H17NO4S. The number of aliphatic hydroxyl groups is 1. The van der Waals surface area contributed by atoms with Gasteiger partial charge in [0.15, 0.2) is 5.78 Å². The molecule has 0 aliphatic heterocycles. The first-order valence-electron chi connectivity index (χ1n) is 7.17. The van der Waals surface area contributed by atoms with Gasteiger partial charge in [0, 0.05) is 6.20 Å². The smallest absolute Gasteiger partial charge is 0.261 e. The molecule has 0 saturated heterocycles. The highest BCUT2D eigenvalue weighted by Gasteiger charge is 2.11. The zero-order valence-electron chi connectivity index (χ0n) is 12.8. The lowest BCUT2D eigenvalue weighted by molar-refractivity contribution is -0.117. The van der Waals surface area contributed by atoms with Crippen LogP contribution in [-0.4, -0.2) is 25.9 Å². The average Bonchev–Trinajstić information content (AvgIpc) is 2.60. The summed E-state index contributed by atoms with van der Waals surface area (Å²) in [4.78, 5) is 11.1. The van der Waals surface area contributed by atoms with E-state index in [9.17, 15) is 13.2 Å². The molecule has 0 aromatic heterocycles. The van der Waals surface area contributed by atoms with Crippen LogP contribution in [-0.2, 0) is 14.8 Å². The van der Waals surface area contributed by atoms with Gasteiger partial charge >= 0.3 is 0 Å². The van der Waals surface area contributed by atoms with E-state index in [4.69, 9.17) is 5.11 Å². The summed E-state index contributed by atoms with van der Waals surface area (Å²) >= 11 is 0. The lowest BCUT2D eigenvalue weighted by Gasteiger charge is -2.05. The van der Waals surface area contributed by atoms with Crippen molar-refractivity contribution >= 4 is 28.0 Å². The van der Waals surface area contributed by atoms with Gasteiger partial charge < -0.3 is 5.11 Å². The highest BCUT2D eigenvalue weighted by Crippen LogP contribution is 2.13. The Morgan fingerprint density at radius 2 is 1.71 bits per heavy atom. The Balaban J connectivity index is 2.13. The number of carbonyl (C=O) groups is 1. The van der Waals surface area contributed by atoms with Crippen molar-refractivity contribution in [3.8, 4) is 0 Å². The van der Waals surface area contributed by atoms with Gasteiger partial charge in [0.05, 0.1) is 4.90 Å². The standard InChI is InChI=1S/C18H17NO4S/c20-14-17(21)10-9-16-7-4-8-18(13-16)24(22,23)19-12-11-15-5-2-1-3-6-15/h1-13,19-20H,14H2/b10-9+,12-11+. The minimum atomic E-state index is -3.70. The van der Waals surface area contributed by atoms with E-state index in [0.29, 0.717) is 5.56 Å². The molecule has 0 bridgehead atoms. The average molecular weight is 343 g/mol. The SMILES string of the molecule is O=C(/C=C/c1cccc(S(=O)(=O)N/C=C/c2ccccc2)c1)CO. The van der Waals surface area contributed by atoms with Gasteiger partial charge in [0.25, 0.3) is 10.0 Å². The molecule has 0 saturated carbocycles. The molecule has 0 radical (unpaired) electrons. The molecule has 0 amide bonds. The number of hydrogen-bond donors (Lipinski definition) is 2. The van der Waals surface area contributed by atoms with Crippen molar-refractivity contribution in [2.24, 2.45) is 0 Å². The van der Waals surface area contributed by atoms with Crippen LogP contribution in [0.15, 0.2) is 71.8 Å². The molecule has 2 aromatic carbocycles. The van der Waals surface area contributed by atoms with Crippen LogP contribution in [0.2, 0.25) is 0 Å². The molecule has 2 N–H and O–H groups in total. The Labute approximate surface area is 141 Å². The maximum Gasteiger partial charge on any atom is 0.261 e. The van der Waals surface area contributed by atoms with E-state index >= 15 is 0 Å². The van der Waals surface area contributed by atoms with Crippen molar-refractivity contribution < 1.29 is 18.3 Å². The van der Waals surface area contributed by atoms with Crippen molar-refractivity contribution in [3.63, 3.8) is 0 Å². The van der Waals surface area contributed by atoms with Crippen molar-refractivity contribution in [2.45, 2.75) is 4.90 Å². The molecule has 5 nitrogen and oxygen atoms in total. The quantitative estimate of drug-likeness (QED) is 0.755. The van der Waals surface area contributed by atoms with Crippen molar-refractivity contribution in [2.75, 3.05) is 6.61 Å². The summed E-state index contributed by atoms with van der Waals surface area (Å²) in [5, 5.41) is 8.67. The maximum atomic E-state index is 12.3. The number of sulfonamides is 1. The van der Waals surface area contributed by atoms with E-state index in [-0.39, 0.29) is 4.90 Å². The largest absolute Gasteiger partial charge is 0.388 e. The lowest BCUT2D eigenvalue weighted by Crippen LogP contribution is -2.17. The number of aliphatic hydroxyl groups excluding tert-OH is 1. The second-order valence-corrected chi connectivity index (χ2v) is 6.61. The summed E-state index contributed by atoms with van der Waals surface area (Å²) in [6.45, 7) is -0.583. The van der Waals surface area contributed by atoms with Gasteiger partial charge in [-0.3, -0.25) is 9.52 Å². The molecule has 0 spiro atoms. The summed E-state index contributed by atoms with van der Waals surface area (Å²) in [5.74, 6) is -0.452. The highest BCUT2D eigenvalue weighted by molar-refractivity contribution is 7.89. The van der Waals surface area contributed by atoms with Crippen LogP contribution in [0.1, 0.15) is 11.1 Å². The molecule has 0 aliphatic rings. The molecule has 2 rings (SSSR count). The second kappa shape index (κ2) is 8.24. The van der Waals surface area contributed by atoms with Crippen molar-refractivity contribution in [3.05, 3.63) is 78.0 Å². The summed E-state index contributed by atoms with van der Waals surface area (Å²) in [5.41, 5.74) is 1.42. The van der Waals surface area contributed by atoms with Crippen molar-refractivity contribution in [1.82, 2.24) is 4.72 Å². The van der Waals surface area contributed by atoms with Crippen LogP contribution < -0.4 is 4.72 Å². The normalized spacial score (nSPS) is 11.9. The zero-order chi connectivity index (χ0) is 17.4. The van der Waals surface area contributed by atoms with Crippen LogP contribution in [0.25, 0.3) is 12.2 Å². The molecule has 0 unspecified atom stereocenters. The molecule has 24 heavy (non-hydrogen) atoms. The Morgan fingerprint density at radius 3 is 2.42 bits per heavy atom. The van der Waals surface area contributed by atoms with E-state index in [2.05, 4.69) is 4.72 Å². The van der Waals surface area contributed by atoms with Gasteiger partial charge in [-0.25, -0.2) is 8.42 Å². The number of nitrogens with one attached hydrogen (secondary N) is 1. The molecule has 0 fully saturated rings. The van der Waals surface area contributed by atoms with Crippen LogP contribution >= 0.6 is 0 Å². The monoisotopic (exact) mass is 343 g/mol. The van der Waals surface area contributed by atoms with Gasteiger partial charge in [0.2, 0.25) is 0 Å². The molecule has 124 valence electrons. The van der Waals surface area contributed by atoms with Gasteiger partial charge in [0.1, 0.15) is 6.61 Å². The van der Waals surface area contributed by atoms with Crippen LogP contribution in [0.5, 0.6) is 0 Å². The van der Waals surface area contributed by atoms with Crippen LogP contribution in [0, 0.1) is 0 Å². The fraction of sp³-hybridized carbons (Fsp3) is 0.0556. The number of carbonyl (C=O) groups excluding carboxylic acids is 1. The van der Waals surface area contributed by atoms with Crippen LogP contribution in [0.4, 0.5) is 0 Å². The molecule has 0 aliphatic carbocycles. The summed E-state index contributed by atoms with van der Waals surface area (Å²) in [7, 11) is -3.70. The zero-order valence-corrected chi connectivity index (χ0v) is 13.6. The number of ketones is 1. The first-order chi connectivity index (χ1) is 11.5. The number of benzene rings is 2. The first-order valence-corrected chi connectivity index (χ1v) is 8.65. The Kier molecular flexibility index (Phi) is 6.06. The third-order valence-corrected chi connectivity index (χ3v) is 4.41. The van der Waals surface area contributed by atoms with E-state index in [1.165, 1.54) is 30.5 Å². The first kappa shape index (κ1) is 17.7. The van der Waals surface area contributed by atoms with E-state index in [0.717, 1.165) is 5.56 Å². The van der Waals surface area contributed by atoms with Gasteiger partial charge in [-0.1, -0.05) is 48.5 Å².